The molecule has 0 N–H and O–H groups in total. The zero-order valence-corrected chi connectivity index (χ0v) is 13.9. The molecule has 0 heterocycles. The van der Waals surface area contributed by atoms with E-state index in [-0.39, 0.29) is 18.1 Å². The van der Waals surface area contributed by atoms with Crippen LogP contribution >= 0.6 is 23.2 Å². The Morgan fingerprint density at radius 2 is 1.80 bits per heavy atom. The Hall–Kier alpha value is -0.780. The van der Waals surface area contributed by atoms with Crippen LogP contribution in [-0.4, -0.2) is 44.3 Å². The summed E-state index contributed by atoms with van der Waals surface area (Å²) in [6.07, 6.45) is 1.19. The second kappa shape index (κ2) is 6.78. The molecule has 0 aliphatic carbocycles. The van der Waals surface area contributed by atoms with Gasteiger partial charge in [-0.1, -0.05) is 29.3 Å². The van der Waals surface area contributed by atoms with E-state index in [2.05, 4.69) is 0 Å². The first-order chi connectivity index (χ1) is 9.11. The van der Waals surface area contributed by atoms with Crippen molar-refractivity contribution in [3.8, 4) is 0 Å². The molecule has 0 spiro atoms. The number of benzene rings is 1. The van der Waals surface area contributed by atoms with Crippen LogP contribution in [0.4, 0.5) is 0 Å². The average Bonchev–Trinajstić information content (AvgIpc) is 2.30. The molecule has 0 aromatic heterocycles. The fourth-order valence-corrected chi connectivity index (χ4v) is 3.40. The van der Waals surface area contributed by atoms with Gasteiger partial charge in [-0.2, -0.15) is 0 Å². The number of carbonyl (C=O) groups is 1. The SMILES string of the molecule is C[C@H](CS(C)(=O)=O)N(C)C(=O)Cc1c(Cl)cccc1Cl. The smallest absolute Gasteiger partial charge is 0.227 e. The molecule has 0 fully saturated rings. The van der Waals surface area contributed by atoms with E-state index in [1.165, 1.54) is 4.90 Å². The van der Waals surface area contributed by atoms with Gasteiger partial charge in [0.2, 0.25) is 5.91 Å². The highest BCUT2D eigenvalue weighted by Gasteiger charge is 2.21. The molecule has 1 aromatic rings. The van der Waals surface area contributed by atoms with Crippen LogP contribution in [0.15, 0.2) is 18.2 Å². The molecule has 1 aromatic carbocycles. The molecular weight excluding hydrogens is 321 g/mol. The zero-order chi connectivity index (χ0) is 15.5. The molecule has 20 heavy (non-hydrogen) atoms. The summed E-state index contributed by atoms with van der Waals surface area (Å²) in [5.41, 5.74) is 0.555. The average molecular weight is 338 g/mol. The third-order valence-corrected chi connectivity index (χ3v) is 4.78. The number of hydrogen-bond donors (Lipinski definition) is 0. The molecule has 0 saturated heterocycles. The Morgan fingerprint density at radius 1 is 1.30 bits per heavy atom. The third kappa shape index (κ3) is 4.96. The van der Waals surface area contributed by atoms with E-state index >= 15 is 0 Å². The predicted molar refractivity (Wildman–Crippen MR) is 82.1 cm³/mol. The molecule has 0 unspecified atom stereocenters. The third-order valence-electron chi connectivity index (χ3n) is 2.99. The molecule has 1 rings (SSSR count). The van der Waals surface area contributed by atoms with Gasteiger partial charge < -0.3 is 4.90 Å². The monoisotopic (exact) mass is 337 g/mol. The van der Waals surface area contributed by atoms with E-state index in [1.54, 1.807) is 32.2 Å². The summed E-state index contributed by atoms with van der Waals surface area (Å²) < 4.78 is 22.5. The molecule has 0 bridgehead atoms. The van der Waals surface area contributed by atoms with Crippen LogP contribution in [-0.2, 0) is 21.1 Å². The molecule has 4 nitrogen and oxygen atoms in total. The lowest BCUT2D eigenvalue weighted by Gasteiger charge is -2.24. The summed E-state index contributed by atoms with van der Waals surface area (Å²) in [5, 5.41) is 0.852. The van der Waals surface area contributed by atoms with Gasteiger partial charge in [0.05, 0.1) is 12.2 Å². The van der Waals surface area contributed by atoms with Crippen molar-refractivity contribution in [3.05, 3.63) is 33.8 Å². The van der Waals surface area contributed by atoms with Gasteiger partial charge in [0, 0.05) is 29.4 Å². The zero-order valence-electron chi connectivity index (χ0n) is 11.6. The lowest BCUT2D eigenvalue weighted by molar-refractivity contribution is -0.130. The number of amides is 1. The van der Waals surface area contributed by atoms with Crippen molar-refractivity contribution in [1.82, 2.24) is 4.90 Å². The maximum atomic E-state index is 12.2. The first-order valence-electron chi connectivity index (χ1n) is 5.98. The first kappa shape index (κ1) is 17.3. The van der Waals surface area contributed by atoms with Crippen molar-refractivity contribution in [1.29, 1.82) is 0 Å². The lowest BCUT2D eigenvalue weighted by atomic mass is 10.1. The molecular formula is C13H17Cl2NO3S. The second-order valence-electron chi connectivity index (χ2n) is 4.82. The lowest BCUT2D eigenvalue weighted by Crippen LogP contribution is -2.40. The van der Waals surface area contributed by atoms with Gasteiger partial charge in [0.25, 0.3) is 0 Å². The van der Waals surface area contributed by atoms with Gasteiger partial charge in [0.1, 0.15) is 9.84 Å². The van der Waals surface area contributed by atoms with Crippen molar-refractivity contribution in [2.45, 2.75) is 19.4 Å². The molecule has 7 heteroatoms. The van der Waals surface area contributed by atoms with E-state index in [0.29, 0.717) is 15.6 Å². The van der Waals surface area contributed by atoms with Crippen molar-refractivity contribution >= 4 is 38.9 Å². The maximum Gasteiger partial charge on any atom is 0.227 e. The van der Waals surface area contributed by atoms with Gasteiger partial charge in [-0.25, -0.2) is 8.42 Å². The minimum atomic E-state index is -3.14. The van der Waals surface area contributed by atoms with Crippen LogP contribution in [0.2, 0.25) is 10.0 Å². The fourth-order valence-electron chi connectivity index (χ4n) is 1.77. The van der Waals surface area contributed by atoms with Gasteiger partial charge >= 0.3 is 0 Å². The topological polar surface area (TPSA) is 54.5 Å². The van der Waals surface area contributed by atoms with Crippen molar-refractivity contribution in [3.63, 3.8) is 0 Å². The predicted octanol–water partition coefficient (Wildman–Crippen LogP) is 2.43. The standard InChI is InChI=1S/C13H17Cl2NO3S/c1-9(8-20(3,18)19)16(2)13(17)7-10-11(14)5-4-6-12(10)15/h4-6,9H,7-8H2,1-3H3/t9-/m1/s1. The van der Waals surface area contributed by atoms with Crippen LogP contribution in [0.5, 0.6) is 0 Å². The highest BCUT2D eigenvalue weighted by molar-refractivity contribution is 7.90. The van der Waals surface area contributed by atoms with Gasteiger partial charge in [-0.3, -0.25) is 4.79 Å². The molecule has 0 radical (unpaired) electrons. The number of sulfone groups is 1. The summed E-state index contributed by atoms with van der Waals surface area (Å²) in [6, 6.07) is 4.62. The van der Waals surface area contributed by atoms with Crippen LogP contribution in [0.1, 0.15) is 12.5 Å². The Bertz CT molecular complexity index is 581. The van der Waals surface area contributed by atoms with Crippen molar-refractivity contribution in [2.24, 2.45) is 0 Å². The number of halogens is 2. The summed E-state index contributed by atoms with van der Waals surface area (Å²) >= 11 is 12.0. The first-order valence-corrected chi connectivity index (χ1v) is 8.79. The Labute approximate surface area is 129 Å². The fraction of sp³-hybridized carbons (Fsp3) is 0.462. The molecule has 0 aliphatic heterocycles. The Morgan fingerprint density at radius 3 is 2.25 bits per heavy atom. The number of likely N-dealkylation sites (N-methyl/N-ethyl adjacent to an activating group) is 1. The highest BCUT2D eigenvalue weighted by atomic mass is 35.5. The van der Waals surface area contributed by atoms with E-state index in [0.717, 1.165) is 6.26 Å². The molecule has 1 amide bonds. The van der Waals surface area contributed by atoms with Gasteiger partial charge in [-0.05, 0) is 24.6 Å². The molecule has 112 valence electrons. The number of carbonyl (C=O) groups excluding carboxylic acids is 1. The van der Waals surface area contributed by atoms with Crippen LogP contribution < -0.4 is 0 Å². The number of rotatable bonds is 5. The minimum absolute atomic E-state index is 0.0448. The molecule has 0 saturated carbocycles. The summed E-state index contributed by atoms with van der Waals surface area (Å²) in [7, 11) is -1.56. The summed E-state index contributed by atoms with van der Waals surface area (Å²) in [6.45, 7) is 1.69. The largest absolute Gasteiger partial charge is 0.342 e. The second-order valence-corrected chi connectivity index (χ2v) is 7.82. The molecule has 1 atom stereocenters. The van der Waals surface area contributed by atoms with Crippen molar-refractivity contribution in [2.75, 3.05) is 19.1 Å². The highest BCUT2D eigenvalue weighted by Crippen LogP contribution is 2.25. The normalized spacial score (nSPS) is 13.1. The summed E-state index contributed by atoms with van der Waals surface area (Å²) in [5.74, 6) is -0.304. The Kier molecular flexibility index (Phi) is 5.86. The summed E-state index contributed by atoms with van der Waals surface area (Å²) in [4.78, 5) is 13.6. The van der Waals surface area contributed by atoms with Gasteiger partial charge in [-0.15, -0.1) is 0 Å². The maximum absolute atomic E-state index is 12.2. The van der Waals surface area contributed by atoms with E-state index < -0.39 is 15.9 Å². The van der Waals surface area contributed by atoms with Crippen molar-refractivity contribution < 1.29 is 13.2 Å². The quantitative estimate of drug-likeness (QED) is 0.829. The number of nitrogens with zero attached hydrogens (tertiary/aromatic N) is 1. The van der Waals surface area contributed by atoms with Gasteiger partial charge in [0.15, 0.2) is 0 Å². The van der Waals surface area contributed by atoms with Crippen LogP contribution in [0, 0.1) is 0 Å². The van der Waals surface area contributed by atoms with E-state index in [1.807, 2.05) is 0 Å². The van der Waals surface area contributed by atoms with Crippen LogP contribution in [0.25, 0.3) is 0 Å². The van der Waals surface area contributed by atoms with E-state index in [4.69, 9.17) is 23.2 Å². The Balaban J connectivity index is 2.81. The minimum Gasteiger partial charge on any atom is -0.342 e. The van der Waals surface area contributed by atoms with Crippen LogP contribution in [0.3, 0.4) is 0 Å². The van der Waals surface area contributed by atoms with E-state index in [9.17, 15) is 13.2 Å². The molecule has 0 aliphatic rings. The number of hydrogen-bond acceptors (Lipinski definition) is 3.